The maximum Gasteiger partial charge on any atom is 0.268 e. The third-order valence-electron chi connectivity index (χ3n) is 6.42. The Kier molecular flexibility index (Phi) is 8.68. The fourth-order valence-corrected chi connectivity index (χ4v) is 5.48. The number of nitrogens with zero attached hydrogens (tertiary/aromatic N) is 1. The van der Waals surface area contributed by atoms with Crippen LogP contribution < -0.4 is 20.7 Å². The molecule has 2 aromatic heterocycles. The molecule has 4 N–H and O–H groups in total. The van der Waals surface area contributed by atoms with Crippen molar-refractivity contribution >= 4 is 57.3 Å². The molecule has 0 spiro atoms. The topological polar surface area (TPSA) is 142 Å². The van der Waals surface area contributed by atoms with Gasteiger partial charge in [0.15, 0.2) is 5.01 Å². The van der Waals surface area contributed by atoms with Gasteiger partial charge in [-0.2, -0.15) is 0 Å². The first-order chi connectivity index (χ1) is 18.2. The molecule has 1 fully saturated rings. The summed E-state index contributed by atoms with van der Waals surface area (Å²) < 4.78 is 5.37. The van der Waals surface area contributed by atoms with Crippen LogP contribution in [-0.2, 0) is 9.59 Å². The van der Waals surface area contributed by atoms with E-state index in [0.717, 1.165) is 22.2 Å². The number of nitrogens with one attached hydrogen (secondary N) is 4. The molecule has 3 atom stereocenters. The molecule has 0 bridgehead atoms. The van der Waals surface area contributed by atoms with E-state index in [4.69, 9.17) is 16.3 Å². The molecule has 1 aliphatic heterocycles. The molecule has 3 amide bonds. The zero-order chi connectivity index (χ0) is 27.4. The summed E-state index contributed by atoms with van der Waals surface area (Å²) in [6, 6.07) is 5.19. The summed E-state index contributed by atoms with van der Waals surface area (Å²) in [5, 5.41) is 11.0. The van der Waals surface area contributed by atoms with E-state index in [1.165, 1.54) is 5.38 Å². The summed E-state index contributed by atoms with van der Waals surface area (Å²) in [6.07, 6.45) is 1.03. The first-order valence-corrected chi connectivity index (χ1v) is 13.6. The summed E-state index contributed by atoms with van der Waals surface area (Å²) >= 11 is 6.99. The maximum absolute atomic E-state index is 13.5. The van der Waals surface area contributed by atoms with Crippen LogP contribution >= 0.6 is 22.9 Å². The Morgan fingerprint density at radius 1 is 1.24 bits per heavy atom. The highest BCUT2D eigenvalue weighted by atomic mass is 35.5. The molecule has 1 aromatic carbocycles. The molecule has 4 rings (SSSR count). The smallest absolute Gasteiger partial charge is 0.268 e. The van der Waals surface area contributed by atoms with Crippen molar-refractivity contribution in [3.05, 3.63) is 45.5 Å². The van der Waals surface area contributed by atoms with E-state index < -0.39 is 35.6 Å². The van der Waals surface area contributed by atoms with Crippen molar-refractivity contribution in [2.75, 3.05) is 13.7 Å². The third kappa shape index (κ3) is 6.33. The molecule has 12 heteroatoms. The van der Waals surface area contributed by atoms with Crippen LogP contribution in [0.1, 0.15) is 53.4 Å². The SMILES string of the molecule is COc1cccc2[nH]c(C(=O)N[C@@H](CC(C)C)C(=O)N[C@@H](C[C@@H]3CCNC3=O)C(=O)c3nc(Cl)cs3)cc12. The molecule has 10 nitrogen and oxygen atoms in total. The Morgan fingerprint density at radius 3 is 2.66 bits per heavy atom. The van der Waals surface area contributed by atoms with Crippen LogP contribution in [0.2, 0.25) is 5.15 Å². The summed E-state index contributed by atoms with van der Waals surface area (Å²) in [7, 11) is 1.55. The van der Waals surface area contributed by atoms with Gasteiger partial charge < -0.3 is 25.7 Å². The number of aromatic nitrogens is 2. The molecule has 1 aliphatic rings. The molecule has 1 saturated heterocycles. The van der Waals surface area contributed by atoms with Gasteiger partial charge in [0.1, 0.15) is 22.6 Å². The van der Waals surface area contributed by atoms with E-state index in [9.17, 15) is 19.2 Å². The van der Waals surface area contributed by atoms with Crippen molar-refractivity contribution in [3.8, 4) is 5.75 Å². The average Bonchev–Trinajstić information content (AvgIpc) is 3.62. The minimum absolute atomic E-state index is 0.0707. The zero-order valence-corrected chi connectivity index (χ0v) is 22.9. The second kappa shape index (κ2) is 12.0. The van der Waals surface area contributed by atoms with Gasteiger partial charge in [-0.05, 0) is 43.4 Å². The second-order valence-electron chi connectivity index (χ2n) is 9.67. The predicted molar refractivity (Wildman–Crippen MR) is 145 cm³/mol. The lowest BCUT2D eigenvalue weighted by molar-refractivity contribution is -0.125. The number of thiazole rings is 1. The number of aromatic amines is 1. The summed E-state index contributed by atoms with van der Waals surface area (Å²) in [5.74, 6) is -1.29. The zero-order valence-electron chi connectivity index (χ0n) is 21.3. The fourth-order valence-electron chi connectivity index (χ4n) is 4.54. The normalized spacial score (nSPS) is 16.8. The first kappa shape index (κ1) is 27.6. The number of fused-ring (bicyclic) bond motifs is 1. The van der Waals surface area contributed by atoms with E-state index >= 15 is 0 Å². The molecule has 0 unspecified atom stereocenters. The average molecular weight is 560 g/mol. The van der Waals surface area contributed by atoms with Crippen LogP contribution in [0.4, 0.5) is 0 Å². The minimum Gasteiger partial charge on any atom is -0.496 e. The number of H-pyrrole nitrogens is 1. The van der Waals surface area contributed by atoms with E-state index in [1.54, 1.807) is 19.2 Å². The van der Waals surface area contributed by atoms with Gasteiger partial charge >= 0.3 is 0 Å². The number of rotatable bonds is 11. The molecule has 0 aliphatic carbocycles. The number of Topliss-reactive ketones (excluding diaryl/α,β-unsaturated/α-hetero) is 1. The van der Waals surface area contributed by atoms with Crippen molar-refractivity contribution in [1.82, 2.24) is 25.9 Å². The molecule has 202 valence electrons. The number of methoxy groups -OCH3 is 1. The Labute approximate surface area is 228 Å². The number of carbonyl (C=O) groups is 4. The number of hydrogen-bond donors (Lipinski definition) is 4. The number of hydrogen-bond acceptors (Lipinski definition) is 7. The lowest BCUT2D eigenvalue weighted by atomic mass is 9.95. The van der Waals surface area contributed by atoms with Crippen LogP contribution in [0, 0.1) is 11.8 Å². The van der Waals surface area contributed by atoms with Crippen LogP contribution in [0.25, 0.3) is 10.9 Å². The standard InChI is InChI=1S/C26H30ClN5O5S/c1-13(2)9-18(31-25(36)19-11-15-16(29-19)5-4-6-20(15)37-3)24(35)30-17(10-14-7-8-28-23(14)34)22(33)26-32-21(27)12-38-26/h4-6,11-14,17-18,29H,7-10H2,1-3H3,(H,28,34)(H,30,35)(H,31,36)/t14-,17-,18-/m0/s1. The Morgan fingerprint density at radius 2 is 2.03 bits per heavy atom. The molecule has 3 heterocycles. The van der Waals surface area contributed by atoms with Crippen LogP contribution in [0.5, 0.6) is 5.75 Å². The molecular weight excluding hydrogens is 530 g/mol. The van der Waals surface area contributed by atoms with Crippen molar-refractivity contribution < 1.29 is 23.9 Å². The van der Waals surface area contributed by atoms with Gasteiger partial charge in [0, 0.05) is 28.7 Å². The van der Waals surface area contributed by atoms with E-state index in [0.29, 0.717) is 25.1 Å². The molecule has 3 aromatic rings. The van der Waals surface area contributed by atoms with Crippen LogP contribution in [0.15, 0.2) is 29.6 Å². The second-order valence-corrected chi connectivity index (χ2v) is 10.9. The summed E-state index contributed by atoms with van der Waals surface area (Å²) in [5.41, 5.74) is 1.00. The predicted octanol–water partition coefficient (Wildman–Crippen LogP) is 3.32. The summed E-state index contributed by atoms with van der Waals surface area (Å²) in [4.78, 5) is 59.2. The highest BCUT2D eigenvalue weighted by Crippen LogP contribution is 2.26. The number of ketones is 1. The van der Waals surface area contributed by atoms with Crippen molar-refractivity contribution in [2.45, 2.75) is 45.2 Å². The quantitative estimate of drug-likeness (QED) is 0.265. The maximum atomic E-state index is 13.5. The lowest BCUT2D eigenvalue weighted by Gasteiger charge is -2.24. The fraction of sp³-hybridized carbons (Fsp3) is 0.423. The highest BCUT2D eigenvalue weighted by Gasteiger charge is 2.34. The van der Waals surface area contributed by atoms with Gasteiger partial charge in [-0.1, -0.05) is 31.5 Å². The molecule has 0 saturated carbocycles. The highest BCUT2D eigenvalue weighted by molar-refractivity contribution is 7.12. The summed E-state index contributed by atoms with van der Waals surface area (Å²) in [6.45, 7) is 4.38. The van der Waals surface area contributed by atoms with E-state index in [1.807, 2.05) is 26.0 Å². The largest absolute Gasteiger partial charge is 0.496 e. The molecule has 38 heavy (non-hydrogen) atoms. The van der Waals surface area contributed by atoms with Gasteiger partial charge in [-0.3, -0.25) is 19.2 Å². The molecule has 0 radical (unpaired) electrons. The lowest BCUT2D eigenvalue weighted by Crippen LogP contribution is -2.52. The van der Waals surface area contributed by atoms with Gasteiger partial charge in [-0.25, -0.2) is 4.98 Å². The van der Waals surface area contributed by atoms with E-state index in [-0.39, 0.29) is 34.1 Å². The van der Waals surface area contributed by atoms with Crippen molar-refractivity contribution in [2.24, 2.45) is 11.8 Å². The van der Waals surface area contributed by atoms with E-state index in [2.05, 4.69) is 25.9 Å². The Bertz CT molecular complexity index is 1350. The first-order valence-electron chi connectivity index (χ1n) is 12.4. The van der Waals surface area contributed by atoms with Gasteiger partial charge in [0.25, 0.3) is 5.91 Å². The van der Waals surface area contributed by atoms with Crippen LogP contribution in [-0.4, -0.2) is 59.2 Å². The van der Waals surface area contributed by atoms with Gasteiger partial charge in [-0.15, -0.1) is 11.3 Å². The number of amides is 3. The van der Waals surface area contributed by atoms with Crippen molar-refractivity contribution in [1.29, 1.82) is 0 Å². The Balaban J connectivity index is 1.54. The third-order valence-corrected chi connectivity index (χ3v) is 7.60. The van der Waals surface area contributed by atoms with Gasteiger partial charge in [0.2, 0.25) is 17.6 Å². The monoisotopic (exact) mass is 559 g/mol. The number of carbonyl (C=O) groups excluding carboxylic acids is 4. The van der Waals surface area contributed by atoms with Gasteiger partial charge in [0.05, 0.1) is 13.2 Å². The number of ether oxygens (including phenoxy) is 1. The van der Waals surface area contributed by atoms with Crippen LogP contribution in [0.3, 0.4) is 0 Å². The Hall–Kier alpha value is -3.44. The number of benzene rings is 1. The molecular formula is C26H30ClN5O5S. The minimum atomic E-state index is -0.998. The van der Waals surface area contributed by atoms with Crippen molar-refractivity contribution in [3.63, 3.8) is 0 Å². The number of halogens is 1.